The van der Waals surface area contributed by atoms with Crippen LogP contribution in [-0.4, -0.2) is 52.6 Å². The van der Waals surface area contributed by atoms with Crippen LogP contribution in [0, 0.1) is 69.6 Å². The molecule has 0 radical (unpaired) electrons. The summed E-state index contributed by atoms with van der Waals surface area (Å²) >= 11 is 0. The molecule has 0 aliphatic rings. The smallest absolute Gasteiger partial charge is 0.549 e. The molecule has 0 saturated heterocycles. The molecule has 0 bridgehead atoms. The van der Waals surface area contributed by atoms with Crippen molar-refractivity contribution >= 4 is 52.6 Å². The van der Waals surface area contributed by atoms with Crippen LogP contribution < -0.4 is 15.3 Å². The second kappa shape index (κ2) is 22.2. The molecule has 0 rings (SSSR count). The van der Waals surface area contributed by atoms with Crippen LogP contribution in [0.5, 0.6) is 0 Å². The number of rotatable bonds is 18. The fraction of sp³-hybridized carbons (Fsp3) is 0.727. The van der Waals surface area contributed by atoms with Gasteiger partial charge in [0.15, 0.2) is 17.3 Å². The Morgan fingerprint density at radius 2 is 0.587 bits per heavy atom. The van der Waals surface area contributed by atoms with E-state index in [9.17, 15) is 58.5 Å². The van der Waals surface area contributed by atoms with Crippen LogP contribution in [0.15, 0.2) is 0 Å². The van der Waals surface area contributed by atoms with Gasteiger partial charge in [-0.1, -0.05) is 41.5 Å². The standard InChI is InChI=1S/3C11H18O4.La/c3*1-5-7(2)8(12)6-9(13)11(3,4)10(14)15;/h3*7H,5-6H2,1-4H3,(H,14,15);/q;;;+3/p-3. The predicted molar refractivity (Wildman–Crippen MR) is 159 cm³/mol. The molecule has 0 spiro atoms. The van der Waals surface area contributed by atoms with Crippen LogP contribution in [0.2, 0.25) is 0 Å². The van der Waals surface area contributed by atoms with Crippen molar-refractivity contribution in [3.05, 3.63) is 0 Å². The largest absolute Gasteiger partial charge is 3.00 e. The van der Waals surface area contributed by atoms with Crippen LogP contribution in [0.25, 0.3) is 0 Å². The Bertz CT molecular complexity index is 980. The van der Waals surface area contributed by atoms with Crippen molar-refractivity contribution < 1.29 is 94.1 Å². The third-order valence-electron chi connectivity index (χ3n) is 8.11. The molecule has 0 N–H and O–H groups in total. The Kier molecular flexibility index (Phi) is 24.4. The average Bonchev–Trinajstić information content (AvgIpc) is 2.95. The monoisotopic (exact) mass is 778 g/mol. The summed E-state index contributed by atoms with van der Waals surface area (Å²) in [5.74, 6) is -7.33. The van der Waals surface area contributed by atoms with Gasteiger partial charge < -0.3 is 29.7 Å². The van der Waals surface area contributed by atoms with Gasteiger partial charge in [0.25, 0.3) is 0 Å². The maximum atomic E-state index is 11.5. The summed E-state index contributed by atoms with van der Waals surface area (Å²) in [4.78, 5) is 101. The Labute approximate surface area is 300 Å². The molecular formula is C33H51LaO12. The van der Waals surface area contributed by atoms with Gasteiger partial charge in [0.2, 0.25) is 0 Å². The minimum absolute atomic E-state index is 0. The van der Waals surface area contributed by atoms with Crippen molar-refractivity contribution in [2.45, 2.75) is 122 Å². The van der Waals surface area contributed by atoms with E-state index < -0.39 is 51.5 Å². The Balaban J connectivity index is -0.000000285. The van der Waals surface area contributed by atoms with E-state index >= 15 is 0 Å². The fourth-order valence-electron chi connectivity index (χ4n) is 2.68. The zero-order chi connectivity index (χ0) is 36.7. The first-order valence-corrected chi connectivity index (χ1v) is 15.0. The van der Waals surface area contributed by atoms with Crippen molar-refractivity contribution in [1.82, 2.24) is 0 Å². The molecule has 3 unspecified atom stereocenters. The van der Waals surface area contributed by atoms with Crippen molar-refractivity contribution in [3.8, 4) is 0 Å². The second-order valence-electron chi connectivity index (χ2n) is 12.9. The predicted octanol–water partition coefficient (Wildman–Crippen LogP) is 1.01. The molecule has 0 heterocycles. The molecular weight excluding hydrogens is 727 g/mol. The van der Waals surface area contributed by atoms with Crippen molar-refractivity contribution in [3.63, 3.8) is 0 Å². The van der Waals surface area contributed by atoms with Gasteiger partial charge in [-0.15, -0.1) is 0 Å². The summed E-state index contributed by atoms with van der Waals surface area (Å²) in [6.45, 7) is 18.3. The van der Waals surface area contributed by atoms with E-state index in [-0.39, 0.29) is 90.0 Å². The van der Waals surface area contributed by atoms with Crippen molar-refractivity contribution in [1.29, 1.82) is 0 Å². The Morgan fingerprint density at radius 1 is 0.435 bits per heavy atom. The first-order chi connectivity index (χ1) is 20.2. The quantitative estimate of drug-likeness (QED) is 0.178. The number of carboxylic acid groups (broad SMARTS) is 3. The number of carbonyl (C=O) groups is 9. The zero-order valence-corrected chi connectivity index (χ0v) is 33.1. The van der Waals surface area contributed by atoms with Crippen LogP contribution in [-0.2, 0) is 43.2 Å². The second-order valence-corrected chi connectivity index (χ2v) is 12.9. The third-order valence-corrected chi connectivity index (χ3v) is 8.11. The average molecular weight is 779 g/mol. The van der Waals surface area contributed by atoms with E-state index in [1.165, 1.54) is 41.5 Å². The number of ketones is 6. The topological polar surface area (TPSA) is 223 Å². The molecule has 3 atom stereocenters. The van der Waals surface area contributed by atoms with Crippen molar-refractivity contribution in [2.75, 3.05) is 0 Å². The maximum absolute atomic E-state index is 11.5. The van der Waals surface area contributed by atoms with E-state index in [4.69, 9.17) is 0 Å². The Morgan fingerprint density at radius 3 is 0.696 bits per heavy atom. The summed E-state index contributed by atoms with van der Waals surface area (Å²) in [7, 11) is 0. The normalized spacial score (nSPS) is 13.0. The van der Waals surface area contributed by atoms with Crippen LogP contribution in [0.1, 0.15) is 122 Å². The molecule has 258 valence electrons. The number of hydrogen-bond donors (Lipinski definition) is 0. The molecule has 0 aromatic carbocycles. The molecule has 12 nitrogen and oxygen atoms in total. The SMILES string of the molecule is CCC(C)C(=O)CC(=O)C(C)(C)C(=O)[O-].CCC(C)C(=O)CC(=O)C(C)(C)C(=O)[O-].CCC(C)C(=O)CC(=O)C(C)(C)C(=O)[O-].[La+3]. The summed E-state index contributed by atoms with van der Waals surface area (Å²) in [6, 6.07) is 0. The number of aliphatic carboxylic acids is 3. The first-order valence-electron chi connectivity index (χ1n) is 15.0. The Hall–Kier alpha value is -2.38. The summed E-state index contributed by atoms with van der Waals surface area (Å²) in [5, 5.41) is 31.9. The number of carboxylic acids is 3. The first kappa shape index (κ1) is 50.5. The molecule has 0 saturated carbocycles. The van der Waals surface area contributed by atoms with Gasteiger partial charge in [-0.3, -0.25) is 28.8 Å². The molecule has 0 aromatic rings. The van der Waals surface area contributed by atoms with Crippen LogP contribution in [0.4, 0.5) is 0 Å². The van der Waals surface area contributed by atoms with E-state index in [0.29, 0.717) is 19.3 Å². The van der Waals surface area contributed by atoms with Gasteiger partial charge in [-0.05, 0) is 60.8 Å². The minimum atomic E-state index is -1.58. The molecule has 13 heteroatoms. The fourth-order valence-corrected chi connectivity index (χ4v) is 2.68. The van der Waals surface area contributed by atoms with Gasteiger partial charge in [0.05, 0.1) is 53.4 Å². The molecule has 0 fully saturated rings. The molecule has 0 aromatic heterocycles. The van der Waals surface area contributed by atoms with Gasteiger partial charge in [0, 0.05) is 17.8 Å². The van der Waals surface area contributed by atoms with E-state index in [1.807, 2.05) is 20.8 Å². The summed E-state index contributed by atoms with van der Waals surface area (Å²) < 4.78 is 0. The number of carbonyl (C=O) groups excluding carboxylic acids is 9. The van der Waals surface area contributed by atoms with Crippen LogP contribution in [0.3, 0.4) is 0 Å². The summed E-state index contributed by atoms with van der Waals surface area (Å²) in [6.07, 6.45) is 0.982. The van der Waals surface area contributed by atoms with E-state index in [2.05, 4.69) is 0 Å². The number of hydrogen-bond acceptors (Lipinski definition) is 12. The van der Waals surface area contributed by atoms with Gasteiger partial charge in [-0.25, -0.2) is 0 Å². The van der Waals surface area contributed by atoms with Crippen LogP contribution >= 0.6 is 0 Å². The van der Waals surface area contributed by atoms with Gasteiger partial charge in [-0.2, -0.15) is 0 Å². The van der Waals surface area contributed by atoms with Gasteiger partial charge in [0.1, 0.15) is 17.3 Å². The minimum Gasteiger partial charge on any atom is -0.549 e. The molecule has 46 heavy (non-hydrogen) atoms. The number of Topliss-reactive ketones (excluding diaryl/α,β-unsaturated/α-hetero) is 6. The van der Waals surface area contributed by atoms with Crippen molar-refractivity contribution in [2.24, 2.45) is 34.0 Å². The zero-order valence-electron chi connectivity index (χ0n) is 29.5. The maximum Gasteiger partial charge on any atom is 3.00 e. The third kappa shape index (κ3) is 17.0. The molecule has 0 amide bonds. The van der Waals surface area contributed by atoms with E-state index in [0.717, 1.165) is 0 Å². The molecule has 0 aliphatic heterocycles. The van der Waals surface area contributed by atoms with E-state index in [1.54, 1.807) is 20.8 Å². The summed E-state index contributed by atoms with van der Waals surface area (Å²) in [5.41, 5.74) is -4.74. The molecule has 0 aliphatic carbocycles. The van der Waals surface area contributed by atoms with Gasteiger partial charge >= 0.3 is 35.6 Å².